The smallest absolute Gasteiger partial charge is 0.383 e. The molecule has 0 fully saturated rings. The fourth-order valence-corrected chi connectivity index (χ4v) is 3.60. The quantitative estimate of drug-likeness (QED) is 0.647. The van der Waals surface area contributed by atoms with E-state index in [0.29, 0.717) is 19.3 Å². The lowest BCUT2D eigenvalue weighted by Gasteiger charge is -2.28. The monoisotopic (exact) mass is 191 g/mol. The second-order valence-electron chi connectivity index (χ2n) is 3.11. The van der Waals surface area contributed by atoms with Gasteiger partial charge in [0.15, 0.2) is 0 Å². The average Bonchev–Trinajstić information content (AvgIpc) is 1.85. The number of hydrogen-bond acceptors (Lipinski definition) is 3. The molecule has 0 atom stereocenters. The second kappa shape index (κ2) is 5.69. The van der Waals surface area contributed by atoms with Gasteiger partial charge in [-0.1, -0.05) is 13.8 Å². The molecule has 0 aliphatic heterocycles. The van der Waals surface area contributed by atoms with Crippen molar-refractivity contribution in [2.45, 2.75) is 40.3 Å². The van der Waals surface area contributed by atoms with Crippen LogP contribution in [0.1, 0.15) is 27.7 Å². The van der Waals surface area contributed by atoms with Crippen LogP contribution in [0.15, 0.2) is 0 Å². The molecular formula is C8H21NO2Si. The predicted molar refractivity (Wildman–Crippen MR) is 53.1 cm³/mol. The summed E-state index contributed by atoms with van der Waals surface area (Å²) in [7, 11) is -2.06. The van der Waals surface area contributed by atoms with Gasteiger partial charge in [0.2, 0.25) is 0 Å². The highest BCUT2D eigenvalue weighted by atomic mass is 28.4. The van der Waals surface area contributed by atoms with E-state index in [1.807, 2.05) is 20.4 Å². The lowest BCUT2D eigenvalue weighted by molar-refractivity contribution is 0.175. The van der Waals surface area contributed by atoms with Crippen molar-refractivity contribution in [3.8, 4) is 0 Å². The highest BCUT2D eigenvalue weighted by Gasteiger charge is 2.31. The fraction of sp³-hybridized carbons (Fsp3) is 1.00. The molecular weight excluding hydrogens is 170 g/mol. The Kier molecular flexibility index (Phi) is 5.74. The molecule has 74 valence electrons. The van der Waals surface area contributed by atoms with Gasteiger partial charge < -0.3 is 8.85 Å². The molecule has 0 saturated carbocycles. The Morgan fingerprint density at radius 2 is 1.58 bits per heavy atom. The molecule has 12 heavy (non-hydrogen) atoms. The molecule has 0 aromatic carbocycles. The van der Waals surface area contributed by atoms with Crippen molar-refractivity contribution in [2.75, 3.05) is 13.2 Å². The Morgan fingerprint density at radius 3 is 1.83 bits per heavy atom. The molecule has 0 aromatic rings. The number of rotatable bonds is 6. The maximum absolute atomic E-state index is 5.59. The zero-order valence-corrected chi connectivity index (χ0v) is 9.81. The van der Waals surface area contributed by atoms with Crippen molar-refractivity contribution in [2.24, 2.45) is 0 Å². The molecule has 0 spiro atoms. The van der Waals surface area contributed by atoms with Crippen molar-refractivity contribution in [3.63, 3.8) is 0 Å². The summed E-state index contributed by atoms with van der Waals surface area (Å²) < 4.78 is 11.2. The van der Waals surface area contributed by atoms with E-state index >= 15 is 0 Å². The second-order valence-corrected chi connectivity index (χ2v) is 5.87. The van der Waals surface area contributed by atoms with Crippen LogP contribution in [0.3, 0.4) is 0 Å². The van der Waals surface area contributed by atoms with Crippen LogP contribution in [0.25, 0.3) is 0 Å². The molecule has 0 saturated heterocycles. The van der Waals surface area contributed by atoms with Crippen LogP contribution in [0, 0.1) is 0 Å². The first-order valence-corrected chi connectivity index (χ1v) is 6.91. The topological polar surface area (TPSA) is 30.5 Å². The minimum Gasteiger partial charge on any atom is -0.383 e. The van der Waals surface area contributed by atoms with E-state index in [1.165, 1.54) is 0 Å². The molecule has 0 aromatic heterocycles. The van der Waals surface area contributed by atoms with Gasteiger partial charge in [-0.25, -0.2) is 0 Å². The summed E-state index contributed by atoms with van der Waals surface area (Å²) in [6.07, 6.45) is 0. The Morgan fingerprint density at radius 1 is 1.17 bits per heavy atom. The lowest BCUT2D eigenvalue weighted by atomic mass is 10.4. The molecule has 0 aliphatic rings. The third-order valence-corrected chi connectivity index (χ3v) is 4.17. The van der Waals surface area contributed by atoms with Crippen LogP contribution in [0.5, 0.6) is 0 Å². The summed E-state index contributed by atoms with van der Waals surface area (Å²) in [5.74, 6) is 0. The highest BCUT2D eigenvalue weighted by molar-refractivity contribution is 6.63. The molecule has 0 amide bonds. The first-order chi connectivity index (χ1) is 5.54. The Labute approximate surface area is 76.8 Å². The Hall–Kier alpha value is 0.0969. The van der Waals surface area contributed by atoms with Gasteiger partial charge in [0.05, 0.1) is 0 Å². The van der Waals surface area contributed by atoms with Gasteiger partial charge in [0.25, 0.3) is 0 Å². The summed E-state index contributed by atoms with van der Waals surface area (Å²) >= 11 is 0. The van der Waals surface area contributed by atoms with Crippen molar-refractivity contribution in [1.82, 2.24) is 4.98 Å². The van der Waals surface area contributed by atoms with E-state index in [4.69, 9.17) is 8.85 Å². The van der Waals surface area contributed by atoms with Crippen LogP contribution in [-0.4, -0.2) is 28.0 Å². The highest BCUT2D eigenvalue weighted by Crippen LogP contribution is 2.03. The van der Waals surface area contributed by atoms with Crippen molar-refractivity contribution >= 4 is 8.72 Å². The van der Waals surface area contributed by atoms with E-state index in [2.05, 4.69) is 18.8 Å². The van der Waals surface area contributed by atoms with E-state index in [-0.39, 0.29) is 0 Å². The van der Waals surface area contributed by atoms with Crippen molar-refractivity contribution < 1.29 is 8.85 Å². The normalized spacial score (nSPS) is 12.5. The third kappa shape index (κ3) is 4.87. The molecule has 0 heterocycles. The maximum Gasteiger partial charge on any atom is 0.421 e. The molecule has 1 N–H and O–H groups in total. The van der Waals surface area contributed by atoms with Gasteiger partial charge in [-0.15, -0.1) is 0 Å². The van der Waals surface area contributed by atoms with Crippen LogP contribution in [-0.2, 0) is 8.85 Å². The fourth-order valence-electron chi connectivity index (χ4n) is 1.20. The minimum absolute atomic E-state index is 0.416. The third-order valence-electron chi connectivity index (χ3n) is 1.39. The van der Waals surface area contributed by atoms with Crippen LogP contribution in [0.4, 0.5) is 0 Å². The largest absolute Gasteiger partial charge is 0.421 e. The zero-order chi connectivity index (χ0) is 9.61. The number of hydrogen-bond donors (Lipinski definition) is 1. The van der Waals surface area contributed by atoms with Gasteiger partial charge in [0.1, 0.15) is 0 Å². The van der Waals surface area contributed by atoms with Gasteiger partial charge in [0, 0.05) is 13.2 Å². The first kappa shape index (κ1) is 12.1. The predicted octanol–water partition coefficient (Wildman–Crippen LogP) is 1.63. The summed E-state index contributed by atoms with van der Waals surface area (Å²) in [6, 6.07) is 0.416. The Bertz CT molecular complexity index is 114. The summed E-state index contributed by atoms with van der Waals surface area (Å²) in [6.45, 7) is 11.6. The van der Waals surface area contributed by atoms with E-state index in [0.717, 1.165) is 0 Å². The van der Waals surface area contributed by atoms with Gasteiger partial charge in [-0.05, 0) is 26.4 Å². The van der Waals surface area contributed by atoms with Crippen LogP contribution in [0.2, 0.25) is 6.55 Å². The molecule has 0 radical (unpaired) electrons. The summed E-state index contributed by atoms with van der Waals surface area (Å²) in [5.41, 5.74) is 0. The summed E-state index contributed by atoms with van der Waals surface area (Å²) in [5, 5.41) is 0. The standard InChI is InChI=1S/C8H21NO2Si/c1-6-10-12(5,11-7-2)9-8(3)4/h8-9H,6-7H2,1-5H3. The first-order valence-electron chi connectivity index (χ1n) is 4.59. The lowest BCUT2D eigenvalue weighted by Crippen LogP contribution is -2.56. The van der Waals surface area contributed by atoms with Crippen molar-refractivity contribution in [1.29, 1.82) is 0 Å². The van der Waals surface area contributed by atoms with Gasteiger partial charge in [-0.2, -0.15) is 0 Å². The molecule has 0 rings (SSSR count). The maximum atomic E-state index is 5.59. The van der Waals surface area contributed by atoms with Gasteiger partial charge >= 0.3 is 8.72 Å². The molecule has 4 heteroatoms. The SMILES string of the molecule is CCO[Si](C)(NC(C)C)OCC. The number of nitrogens with one attached hydrogen (secondary N) is 1. The zero-order valence-electron chi connectivity index (χ0n) is 8.81. The van der Waals surface area contributed by atoms with E-state index in [9.17, 15) is 0 Å². The summed E-state index contributed by atoms with van der Waals surface area (Å²) in [4.78, 5) is 3.35. The van der Waals surface area contributed by atoms with Crippen LogP contribution >= 0.6 is 0 Å². The van der Waals surface area contributed by atoms with E-state index < -0.39 is 8.72 Å². The van der Waals surface area contributed by atoms with Gasteiger partial charge in [-0.3, -0.25) is 4.98 Å². The molecule has 0 bridgehead atoms. The molecule has 3 nitrogen and oxygen atoms in total. The van der Waals surface area contributed by atoms with E-state index in [1.54, 1.807) is 0 Å². The molecule has 0 unspecified atom stereocenters. The minimum atomic E-state index is -2.06. The molecule has 0 aliphatic carbocycles. The van der Waals surface area contributed by atoms with Crippen molar-refractivity contribution in [3.05, 3.63) is 0 Å². The average molecular weight is 191 g/mol. The van der Waals surface area contributed by atoms with Crippen LogP contribution < -0.4 is 4.98 Å². The Balaban J connectivity index is 3.98.